The molecular formula is C10H14F3NO3S. The van der Waals surface area contributed by atoms with Crippen molar-refractivity contribution in [3.63, 3.8) is 0 Å². The maximum Gasteiger partial charge on any atom is 0.522 e. The van der Waals surface area contributed by atoms with E-state index in [-0.39, 0.29) is 0 Å². The molecular weight excluding hydrogens is 271 g/mol. The molecule has 0 spiro atoms. The molecule has 0 atom stereocenters. The third kappa shape index (κ3) is 7.23. The standard InChI is InChI=1S/C9H13N.CHF3O3S/c1-2-3-4-9-5-7-10-8-6-9;2-1(3,4)8(5,6)7/h5-8H,2-4H2,1H3;(H,5,6,7). The summed E-state index contributed by atoms with van der Waals surface area (Å²) in [4.78, 5) is 3.95. The van der Waals surface area contributed by atoms with E-state index in [1.54, 1.807) is 0 Å². The van der Waals surface area contributed by atoms with Crippen LogP contribution in [0.3, 0.4) is 0 Å². The summed E-state index contributed by atoms with van der Waals surface area (Å²) in [5.74, 6) is 0. The molecule has 4 nitrogen and oxygen atoms in total. The van der Waals surface area contributed by atoms with E-state index in [0.29, 0.717) is 0 Å². The Bertz CT molecular complexity index is 431. The Kier molecular flexibility index (Phi) is 6.85. The summed E-state index contributed by atoms with van der Waals surface area (Å²) >= 11 is 0. The second kappa shape index (κ2) is 7.32. The first-order valence-corrected chi connectivity index (χ1v) is 6.55. The normalized spacial score (nSPS) is 11.6. The summed E-state index contributed by atoms with van der Waals surface area (Å²) in [6, 6.07) is 4.16. The van der Waals surface area contributed by atoms with Crippen molar-refractivity contribution in [3.8, 4) is 0 Å². The summed E-state index contributed by atoms with van der Waals surface area (Å²) in [5, 5.41) is 0. The van der Waals surface area contributed by atoms with Crippen LogP contribution in [0.2, 0.25) is 0 Å². The quantitative estimate of drug-likeness (QED) is 0.685. The lowest BCUT2D eigenvalue weighted by molar-refractivity contribution is -0.0510. The van der Waals surface area contributed by atoms with E-state index in [0.717, 1.165) is 0 Å². The van der Waals surface area contributed by atoms with Gasteiger partial charge in [-0.05, 0) is 30.5 Å². The summed E-state index contributed by atoms with van der Waals surface area (Å²) in [6.07, 6.45) is 7.45. The zero-order valence-electron chi connectivity index (χ0n) is 9.68. The molecule has 0 bridgehead atoms. The third-order valence-electron chi connectivity index (χ3n) is 1.86. The van der Waals surface area contributed by atoms with Gasteiger partial charge in [0.1, 0.15) is 0 Å². The number of aryl methyl sites for hydroxylation is 1. The molecule has 18 heavy (non-hydrogen) atoms. The lowest BCUT2D eigenvalue weighted by Crippen LogP contribution is -2.21. The van der Waals surface area contributed by atoms with E-state index in [9.17, 15) is 13.2 Å². The Balaban J connectivity index is 0.000000331. The molecule has 0 fully saturated rings. The molecule has 0 unspecified atom stereocenters. The predicted octanol–water partition coefficient (Wildman–Crippen LogP) is 2.82. The van der Waals surface area contributed by atoms with Crippen LogP contribution in [0.25, 0.3) is 0 Å². The van der Waals surface area contributed by atoms with Crippen LogP contribution in [0.15, 0.2) is 24.5 Å². The number of hydrogen-bond donors (Lipinski definition) is 1. The van der Waals surface area contributed by atoms with Gasteiger partial charge in [-0.3, -0.25) is 9.54 Å². The number of aromatic nitrogens is 1. The number of unbranched alkanes of at least 4 members (excludes halogenated alkanes) is 1. The third-order valence-corrected chi connectivity index (χ3v) is 2.45. The van der Waals surface area contributed by atoms with Crippen LogP contribution < -0.4 is 0 Å². The summed E-state index contributed by atoms with van der Waals surface area (Å²) in [5.41, 5.74) is -4.13. The van der Waals surface area contributed by atoms with E-state index in [1.165, 1.54) is 24.8 Å². The highest BCUT2D eigenvalue weighted by molar-refractivity contribution is 7.86. The Morgan fingerprint density at radius 1 is 1.28 bits per heavy atom. The first-order valence-electron chi connectivity index (χ1n) is 5.11. The number of pyridine rings is 1. The molecule has 0 saturated heterocycles. The van der Waals surface area contributed by atoms with E-state index in [1.807, 2.05) is 12.4 Å². The van der Waals surface area contributed by atoms with Crippen LogP contribution in [0.5, 0.6) is 0 Å². The topological polar surface area (TPSA) is 67.3 Å². The largest absolute Gasteiger partial charge is 0.522 e. The van der Waals surface area contributed by atoms with Crippen molar-refractivity contribution in [2.45, 2.75) is 31.7 Å². The summed E-state index contributed by atoms with van der Waals surface area (Å²) < 4.78 is 57.5. The second-order valence-corrected chi connectivity index (χ2v) is 4.79. The highest BCUT2D eigenvalue weighted by Crippen LogP contribution is 2.20. The van der Waals surface area contributed by atoms with Gasteiger partial charge < -0.3 is 0 Å². The van der Waals surface area contributed by atoms with E-state index in [2.05, 4.69) is 24.0 Å². The fraction of sp³-hybridized carbons (Fsp3) is 0.500. The molecule has 1 aromatic rings. The van der Waals surface area contributed by atoms with Gasteiger partial charge in [0, 0.05) is 12.4 Å². The van der Waals surface area contributed by atoms with E-state index < -0.39 is 15.6 Å². The van der Waals surface area contributed by atoms with E-state index in [4.69, 9.17) is 13.0 Å². The lowest BCUT2D eigenvalue weighted by Gasteiger charge is -1.97. The van der Waals surface area contributed by atoms with Gasteiger partial charge in [0.05, 0.1) is 0 Å². The first-order chi connectivity index (χ1) is 8.18. The SMILES string of the molecule is CCCCc1ccncc1.O=S(=O)(O)C(F)(F)F. The van der Waals surface area contributed by atoms with Gasteiger partial charge in [-0.2, -0.15) is 21.6 Å². The second-order valence-electron chi connectivity index (χ2n) is 3.38. The summed E-state index contributed by atoms with van der Waals surface area (Å²) in [6.45, 7) is 2.21. The van der Waals surface area contributed by atoms with Crippen LogP contribution in [-0.2, 0) is 16.5 Å². The molecule has 8 heteroatoms. The van der Waals surface area contributed by atoms with Crippen molar-refractivity contribution in [1.29, 1.82) is 0 Å². The molecule has 104 valence electrons. The first kappa shape index (κ1) is 16.9. The predicted molar refractivity (Wildman–Crippen MR) is 60.5 cm³/mol. The van der Waals surface area contributed by atoms with Crippen molar-refractivity contribution >= 4 is 10.1 Å². The molecule has 0 saturated carbocycles. The van der Waals surface area contributed by atoms with Crippen LogP contribution >= 0.6 is 0 Å². The van der Waals surface area contributed by atoms with Gasteiger partial charge in [-0.15, -0.1) is 0 Å². The molecule has 0 aliphatic heterocycles. The average Bonchev–Trinajstić information content (AvgIpc) is 2.26. The molecule has 0 aliphatic rings. The van der Waals surface area contributed by atoms with Gasteiger partial charge in [0.2, 0.25) is 0 Å². The highest BCUT2D eigenvalue weighted by Gasteiger charge is 2.44. The molecule has 1 aromatic heterocycles. The number of hydrogen-bond acceptors (Lipinski definition) is 3. The van der Waals surface area contributed by atoms with Crippen LogP contribution in [0.1, 0.15) is 25.3 Å². The summed E-state index contributed by atoms with van der Waals surface area (Å²) in [7, 11) is -5.84. The van der Waals surface area contributed by atoms with Crippen molar-refractivity contribution < 1.29 is 26.1 Å². The van der Waals surface area contributed by atoms with Crippen LogP contribution in [0, 0.1) is 0 Å². The minimum Gasteiger partial charge on any atom is -0.279 e. The van der Waals surface area contributed by atoms with Gasteiger partial charge in [0.25, 0.3) is 0 Å². The molecule has 1 rings (SSSR count). The molecule has 0 aliphatic carbocycles. The minimum absolute atomic E-state index is 1.19. The Morgan fingerprint density at radius 2 is 1.72 bits per heavy atom. The average molecular weight is 285 g/mol. The maximum atomic E-state index is 10.7. The van der Waals surface area contributed by atoms with Crippen molar-refractivity contribution in [3.05, 3.63) is 30.1 Å². The fourth-order valence-electron chi connectivity index (χ4n) is 0.930. The Labute approximate surface area is 104 Å². The van der Waals surface area contributed by atoms with Crippen molar-refractivity contribution in [2.24, 2.45) is 0 Å². The number of alkyl halides is 3. The minimum atomic E-state index is -5.84. The van der Waals surface area contributed by atoms with Crippen molar-refractivity contribution in [1.82, 2.24) is 4.98 Å². The number of nitrogens with zero attached hydrogens (tertiary/aromatic N) is 1. The molecule has 0 amide bonds. The molecule has 0 aromatic carbocycles. The zero-order valence-corrected chi connectivity index (χ0v) is 10.5. The number of halogens is 3. The lowest BCUT2D eigenvalue weighted by atomic mass is 10.1. The molecule has 0 radical (unpaired) electrons. The fourth-order valence-corrected chi connectivity index (χ4v) is 0.930. The molecule has 1 heterocycles. The van der Waals surface area contributed by atoms with E-state index >= 15 is 0 Å². The zero-order chi connectivity index (χ0) is 14.2. The van der Waals surface area contributed by atoms with Gasteiger partial charge in [0.15, 0.2) is 0 Å². The van der Waals surface area contributed by atoms with Gasteiger partial charge in [-0.25, -0.2) is 0 Å². The number of rotatable bonds is 3. The van der Waals surface area contributed by atoms with Crippen LogP contribution in [-0.4, -0.2) is 23.5 Å². The highest BCUT2D eigenvalue weighted by atomic mass is 32.2. The smallest absolute Gasteiger partial charge is 0.279 e. The maximum absolute atomic E-state index is 10.7. The van der Waals surface area contributed by atoms with Crippen molar-refractivity contribution in [2.75, 3.05) is 0 Å². The Hall–Kier alpha value is -1.15. The van der Waals surface area contributed by atoms with Crippen LogP contribution in [0.4, 0.5) is 13.2 Å². The van der Waals surface area contributed by atoms with Gasteiger partial charge >= 0.3 is 15.6 Å². The molecule has 1 N–H and O–H groups in total. The Morgan fingerprint density at radius 3 is 2.06 bits per heavy atom. The monoisotopic (exact) mass is 285 g/mol. The van der Waals surface area contributed by atoms with Gasteiger partial charge in [-0.1, -0.05) is 13.3 Å².